The van der Waals surface area contributed by atoms with Gasteiger partial charge in [0.15, 0.2) is 0 Å². The van der Waals surface area contributed by atoms with E-state index in [0.29, 0.717) is 11.8 Å². The average Bonchev–Trinajstić information content (AvgIpc) is 3.65. The molecule has 2 fully saturated rings. The molecule has 4 nitrogen and oxygen atoms in total. The molecule has 0 radical (unpaired) electrons. The van der Waals surface area contributed by atoms with Crippen LogP contribution in [0.5, 0.6) is 0 Å². The van der Waals surface area contributed by atoms with E-state index in [4.69, 9.17) is 4.74 Å². The van der Waals surface area contributed by atoms with Crippen LogP contribution in [0.2, 0.25) is 0 Å². The normalized spacial score (nSPS) is 21.4. The Kier molecular flexibility index (Phi) is 9.47. The summed E-state index contributed by atoms with van der Waals surface area (Å²) >= 11 is 1.73. The number of nitrogens with zero attached hydrogens (tertiary/aromatic N) is 1. The molecule has 3 aliphatic carbocycles. The first-order valence-electron chi connectivity index (χ1n) is 11.5. The van der Waals surface area contributed by atoms with Gasteiger partial charge in [-0.3, -0.25) is 4.79 Å². The number of fused-ring (bicyclic) bond motifs is 1. The number of aryl methyl sites for hydroxylation is 1. The van der Waals surface area contributed by atoms with Crippen LogP contribution >= 0.6 is 11.9 Å². The maximum atomic E-state index is 12.6. The molecule has 1 heterocycles. The Bertz CT molecular complexity index is 955. The zero-order chi connectivity index (χ0) is 22.0. The molecule has 3 aliphatic rings. The van der Waals surface area contributed by atoms with Gasteiger partial charge in [0.25, 0.3) is 0 Å². The van der Waals surface area contributed by atoms with Crippen molar-refractivity contribution >= 4 is 18.0 Å². The van der Waals surface area contributed by atoms with E-state index in [0.717, 1.165) is 29.7 Å². The topological polar surface area (TPSA) is 43.3 Å². The van der Waals surface area contributed by atoms with Crippen LogP contribution in [0.15, 0.2) is 34.8 Å². The Morgan fingerprint density at radius 2 is 2.19 bits per heavy atom. The van der Waals surface area contributed by atoms with Gasteiger partial charge in [-0.15, -0.1) is 12.0 Å². The molecule has 2 saturated carbocycles. The quantitative estimate of drug-likeness (QED) is 0.184. The molecule has 0 spiro atoms. The van der Waals surface area contributed by atoms with Crippen LogP contribution in [0.4, 0.5) is 0 Å². The SMILES string of the molecule is CC1C=Cc2c([CH-]/C(=C\C=[C-]NSC3(COC(C)C)CC3)C3CC3)cn(C)c(=O)c2C1.[K+]. The van der Waals surface area contributed by atoms with E-state index in [1.807, 2.05) is 19.3 Å². The molecule has 1 atom stereocenters. The molecule has 1 aromatic rings. The summed E-state index contributed by atoms with van der Waals surface area (Å²) in [6, 6.07) is 0. The molecule has 0 amide bonds. The van der Waals surface area contributed by atoms with Crippen molar-refractivity contribution in [1.82, 2.24) is 9.29 Å². The molecule has 168 valence electrons. The van der Waals surface area contributed by atoms with Gasteiger partial charge in [-0.2, -0.15) is 11.8 Å². The number of allylic oxidation sites excluding steroid dienone is 4. The summed E-state index contributed by atoms with van der Waals surface area (Å²) in [4.78, 5) is 12.6. The minimum atomic E-state index is 0. The molecule has 4 rings (SSSR count). The summed E-state index contributed by atoms with van der Waals surface area (Å²) in [7, 11) is 1.86. The van der Waals surface area contributed by atoms with Gasteiger partial charge in [0.1, 0.15) is 0 Å². The van der Waals surface area contributed by atoms with Crippen LogP contribution in [0, 0.1) is 24.5 Å². The third-order valence-corrected chi connectivity index (χ3v) is 7.39. The second-order valence-corrected chi connectivity index (χ2v) is 10.9. The van der Waals surface area contributed by atoms with E-state index < -0.39 is 0 Å². The number of hydrogen-bond donors (Lipinski definition) is 1. The van der Waals surface area contributed by atoms with Gasteiger partial charge < -0.3 is 14.0 Å². The van der Waals surface area contributed by atoms with Crippen molar-refractivity contribution in [2.45, 2.75) is 63.7 Å². The van der Waals surface area contributed by atoms with Crippen molar-refractivity contribution < 1.29 is 56.1 Å². The minimum Gasteiger partial charge on any atom is -0.423 e. The number of rotatable bonds is 10. The zero-order valence-corrected chi connectivity index (χ0v) is 24.1. The Hall–Kier alpha value is -0.214. The Morgan fingerprint density at radius 1 is 1.44 bits per heavy atom. The van der Waals surface area contributed by atoms with Gasteiger partial charge in [-0.05, 0) is 63.4 Å². The van der Waals surface area contributed by atoms with Crippen molar-refractivity contribution in [3.63, 3.8) is 0 Å². The minimum absolute atomic E-state index is 0. The molecular formula is C26H34KN2O2S-. The Morgan fingerprint density at radius 3 is 2.84 bits per heavy atom. The molecule has 1 N–H and O–H groups in total. The number of ether oxygens (including phenoxy) is 1. The Labute approximate surface area is 239 Å². The van der Waals surface area contributed by atoms with E-state index in [-0.39, 0.29) is 67.8 Å². The van der Waals surface area contributed by atoms with Crippen molar-refractivity contribution in [3.8, 4) is 0 Å². The number of pyridine rings is 1. The third kappa shape index (κ3) is 6.91. The second-order valence-electron chi connectivity index (χ2n) is 9.58. The number of nitrogens with one attached hydrogen (secondary N) is 1. The van der Waals surface area contributed by atoms with Crippen molar-refractivity contribution in [2.75, 3.05) is 6.61 Å². The van der Waals surface area contributed by atoms with Crippen LogP contribution in [0.3, 0.4) is 0 Å². The van der Waals surface area contributed by atoms with Gasteiger partial charge in [-0.25, -0.2) is 12.2 Å². The van der Waals surface area contributed by atoms with Gasteiger partial charge in [0.05, 0.1) is 17.5 Å². The van der Waals surface area contributed by atoms with Crippen LogP contribution in [-0.2, 0) is 18.2 Å². The van der Waals surface area contributed by atoms with Crippen molar-refractivity contribution in [2.24, 2.45) is 18.9 Å². The largest absolute Gasteiger partial charge is 1.00 e. The molecular weight excluding hydrogens is 443 g/mol. The van der Waals surface area contributed by atoms with Gasteiger partial charge in [0, 0.05) is 7.05 Å². The van der Waals surface area contributed by atoms with Gasteiger partial charge in [0.2, 0.25) is 5.56 Å². The first kappa shape index (κ1) is 26.4. The molecule has 0 saturated heterocycles. The van der Waals surface area contributed by atoms with Crippen molar-refractivity contribution in [3.05, 3.63) is 69.7 Å². The fraction of sp³-hybridized carbons (Fsp3) is 0.538. The summed E-state index contributed by atoms with van der Waals surface area (Å²) in [6.07, 6.45) is 21.9. The molecule has 1 unspecified atom stereocenters. The van der Waals surface area contributed by atoms with Crippen molar-refractivity contribution in [1.29, 1.82) is 0 Å². The van der Waals surface area contributed by atoms with Crippen LogP contribution < -0.4 is 61.7 Å². The van der Waals surface area contributed by atoms with E-state index in [2.05, 4.69) is 56.3 Å². The fourth-order valence-electron chi connectivity index (χ4n) is 3.94. The van der Waals surface area contributed by atoms with E-state index in [1.165, 1.54) is 31.3 Å². The zero-order valence-electron chi connectivity index (χ0n) is 20.1. The predicted molar refractivity (Wildman–Crippen MR) is 129 cm³/mol. The molecule has 0 bridgehead atoms. The molecule has 32 heavy (non-hydrogen) atoms. The summed E-state index contributed by atoms with van der Waals surface area (Å²) < 4.78 is 11.0. The molecule has 6 heteroatoms. The van der Waals surface area contributed by atoms with E-state index in [1.54, 1.807) is 16.5 Å². The first-order valence-corrected chi connectivity index (χ1v) is 12.3. The summed E-state index contributed by atoms with van der Waals surface area (Å²) in [5.41, 5.74) is 4.62. The monoisotopic (exact) mass is 477 g/mol. The molecule has 0 aliphatic heterocycles. The summed E-state index contributed by atoms with van der Waals surface area (Å²) in [5, 5.41) is 0. The van der Waals surface area contributed by atoms with Crippen LogP contribution in [-0.4, -0.2) is 22.0 Å². The maximum absolute atomic E-state index is 12.6. The van der Waals surface area contributed by atoms with E-state index >= 15 is 0 Å². The fourth-order valence-corrected chi connectivity index (χ4v) is 4.72. The van der Waals surface area contributed by atoms with E-state index in [9.17, 15) is 4.79 Å². The van der Waals surface area contributed by atoms with Crippen LogP contribution in [0.1, 0.15) is 63.1 Å². The van der Waals surface area contributed by atoms with Gasteiger partial charge >= 0.3 is 51.4 Å². The summed E-state index contributed by atoms with van der Waals surface area (Å²) in [5.74, 6) is 1.02. The molecule has 1 aromatic heterocycles. The second kappa shape index (κ2) is 11.5. The number of aromatic nitrogens is 1. The standard InChI is InChI=1S/C26H34N2O2S.K/c1-18(2)30-17-26(11-12-26)31-27-13-5-6-21(20-8-9-20)15-22-16-28(4)25(29)24-14-19(3)7-10-23(22)24;/h5-7,10,15-16,18-20,27H,8-9,11-12,14,17H2,1-4H3;/q-2;+1/b21-6+;. The smallest absolute Gasteiger partial charge is 0.423 e. The van der Waals surface area contributed by atoms with Gasteiger partial charge in [-0.1, -0.05) is 42.8 Å². The number of hydrogen-bond acceptors (Lipinski definition) is 4. The molecule has 0 aromatic carbocycles. The predicted octanol–water partition coefficient (Wildman–Crippen LogP) is 2.00. The Balaban J connectivity index is 0.00000289. The first-order chi connectivity index (χ1) is 14.9. The third-order valence-electron chi connectivity index (χ3n) is 6.21. The average molecular weight is 478 g/mol. The summed E-state index contributed by atoms with van der Waals surface area (Å²) in [6.45, 7) is 7.13. The van der Waals surface area contributed by atoms with Crippen LogP contribution in [0.25, 0.3) is 6.08 Å². The maximum Gasteiger partial charge on any atom is 1.00 e.